The van der Waals surface area contributed by atoms with Gasteiger partial charge in [-0.2, -0.15) is 0 Å². The zero-order valence-electron chi connectivity index (χ0n) is 11.8. The second-order valence-electron chi connectivity index (χ2n) is 5.23. The first-order chi connectivity index (χ1) is 10.2. The maximum absolute atomic E-state index is 13.3. The fourth-order valence-electron chi connectivity index (χ4n) is 2.53. The van der Waals surface area contributed by atoms with E-state index in [-0.39, 0.29) is 5.82 Å². The van der Waals surface area contributed by atoms with Gasteiger partial charge in [0.1, 0.15) is 11.9 Å². The van der Waals surface area contributed by atoms with Crippen LogP contribution in [0.3, 0.4) is 0 Å². The molecule has 3 aromatic rings. The summed E-state index contributed by atoms with van der Waals surface area (Å²) < 4.78 is 14.1. The van der Waals surface area contributed by atoms with E-state index >= 15 is 0 Å². The molecule has 0 aliphatic carbocycles. The molecule has 1 heterocycles. The number of thiophene rings is 1. The number of hydrogen-bond acceptors (Lipinski definition) is 2. The highest BCUT2D eigenvalue weighted by atomic mass is 32.1. The summed E-state index contributed by atoms with van der Waals surface area (Å²) in [5.41, 5.74) is 2.13. The molecule has 0 amide bonds. The maximum Gasteiger partial charge on any atom is 0.124 e. The Labute approximate surface area is 127 Å². The summed E-state index contributed by atoms with van der Waals surface area (Å²) in [5, 5.41) is 11.5. The van der Waals surface area contributed by atoms with Crippen LogP contribution in [0.25, 0.3) is 10.1 Å². The van der Waals surface area contributed by atoms with Gasteiger partial charge >= 0.3 is 0 Å². The first kappa shape index (κ1) is 14.2. The number of hydrogen-bond donors (Lipinski definition) is 1. The lowest BCUT2D eigenvalue weighted by molar-refractivity contribution is 0.224. The molecule has 0 spiro atoms. The van der Waals surface area contributed by atoms with Crippen molar-refractivity contribution in [2.45, 2.75) is 25.9 Å². The minimum atomic E-state index is -0.651. The van der Waals surface area contributed by atoms with Crippen LogP contribution in [0.15, 0.2) is 48.5 Å². The van der Waals surface area contributed by atoms with E-state index in [2.05, 4.69) is 19.1 Å². The molecule has 0 fully saturated rings. The van der Waals surface area contributed by atoms with Gasteiger partial charge in [0.05, 0.1) is 0 Å². The normalized spacial score (nSPS) is 12.7. The molecule has 1 aromatic heterocycles. The van der Waals surface area contributed by atoms with Gasteiger partial charge in [-0.1, -0.05) is 43.7 Å². The van der Waals surface area contributed by atoms with Crippen molar-refractivity contribution in [2.24, 2.45) is 0 Å². The van der Waals surface area contributed by atoms with Gasteiger partial charge in [0.15, 0.2) is 0 Å². The van der Waals surface area contributed by atoms with E-state index in [1.807, 2.05) is 18.2 Å². The van der Waals surface area contributed by atoms with Crippen LogP contribution >= 0.6 is 11.3 Å². The van der Waals surface area contributed by atoms with Gasteiger partial charge in [0.2, 0.25) is 0 Å². The van der Waals surface area contributed by atoms with Gasteiger partial charge in [-0.15, -0.1) is 11.3 Å². The monoisotopic (exact) mass is 300 g/mol. The molecule has 0 aliphatic heterocycles. The Morgan fingerprint density at radius 2 is 2.00 bits per heavy atom. The van der Waals surface area contributed by atoms with Crippen molar-refractivity contribution in [1.82, 2.24) is 0 Å². The number of aryl methyl sites for hydroxylation is 1. The summed E-state index contributed by atoms with van der Waals surface area (Å²) in [4.78, 5) is 0.851. The van der Waals surface area contributed by atoms with E-state index in [1.54, 1.807) is 6.07 Å². The largest absolute Gasteiger partial charge is 0.383 e. The first-order valence-corrected chi connectivity index (χ1v) is 7.95. The zero-order chi connectivity index (χ0) is 14.8. The molecule has 1 unspecified atom stereocenters. The second kappa shape index (κ2) is 5.96. The third-order valence-electron chi connectivity index (χ3n) is 3.58. The SMILES string of the molecule is CCCc1cccc(C(O)c2cc3ccc(F)cc3s2)c1. The standard InChI is InChI=1S/C18H17FOS/c1-2-4-12-5-3-6-14(9-12)18(20)17-10-13-7-8-15(19)11-16(13)21-17/h3,5-11,18,20H,2,4H2,1H3. The minimum Gasteiger partial charge on any atom is -0.383 e. The van der Waals surface area contributed by atoms with E-state index in [9.17, 15) is 9.50 Å². The number of benzene rings is 2. The topological polar surface area (TPSA) is 20.2 Å². The van der Waals surface area contributed by atoms with E-state index in [1.165, 1.54) is 29.0 Å². The van der Waals surface area contributed by atoms with E-state index in [0.29, 0.717) is 0 Å². The predicted octanol–water partition coefficient (Wildman–Crippen LogP) is 5.07. The van der Waals surface area contributed by atoms with Crippen molar-refractivity contribution in [3.8, 4) is 0 Å². The summed E-state index contributed by atoms with van der Waals surface area (Å²) in [6, 6.07) is 14.7. The van der Waals surface area contributed by atoms with Gasteiger partial charge < -0.3 is 5.11 Å². The van der Waals surface area contributed by atoms with Gasteiger partial charge in [0, 0.05) is 9.58 Å². The van der Waals surface area contributed by atoms with Crippen LogP contribution < -0.4 is 0 Å². The highest BCUT2D eigenvalue weighted by Crippen LogP contribution is 2.33. The highest BCUT2D eigenvalue weighted by Gasteiger charge is 2.14. The zero-order valence-corrected chi connectivity index (χ0v) is 12.7. The molecule has 2 aromatic carbocycles. The number of aliphatic hydroxyl groups is 1. The lowest BCUT2D eigenvalue weighted by atomic mass is 10.0. The highest BCUT2D eigenvalue weighted by molar-refractivity contribution is 7.19. The van der Waals surface area contributed by atoms with Gasteiger partial charge in [-0.3, -0.25) is 0 Å². The third kappa shape index (κ3) is 2.99. The number of halogens is 1. The van der Waals surface area contributed by atoms with Crippen molar-refractivity contribution in [3.05, 3.63) is 70.4 Å². The van der Waals surface area contributed by atoms with Crippen LogP contribution in [0.1, 0.15) is 35.5 Å². The number of rotatable bonds is 4. The molecule has 0 radical (unpaired) electrons. The Morgan fingerprint density at radius 1 is 1.14 bits per heavy atom. The fraction of sp³-hybridized carbons (Fsp3) is 0.222. The molecule has 0 aliphatic rings. The minimum absolute atomic E-state index is 0.240. The third-order valence-corrected chi connectivity index (χ3v) is 4.73. The quantitative estimate of drug-likeness (QED) is 0.713. The molecule has 3 heteroatoms. The fourth-order valence-corrected chi connectivity index (χ4v) is 3.64. The molecule has 3 rings (SSSR count). The van der Waals surface area contributed by atoms with Crippen LogP contribution in [0, 0.1) is 5.82 Å². The van der Waals surface area contributed by atoms with Crippen LogP contribution in [0.2, 0.25) is 0 Å². The Hall–Kier alpha value is -1.71. The molecule has 1 atom stereocenters. The van der Waals surface area contributed by atoms with Crippen molar-refractivity contribution in [2.75, 3.05) is 0 Å². The molecule has 0 saturated carbocycles. The van der Waals surface area contributed by atoms with E-state index in [0.717, 1.165) is 33.4 Å². The van der Waals surface area contributed by atoms with Crippen molar-refractivity contribution >= 4 is 21.4 Å². The first-order valence-electron chi connectivity index (χ1n) is 7.13. The van der Waals surface area contributed by atoms with E-state index in [4.69, 9.17) is 0 Å². The summed E-state index contributed by atoms with van der Waals surface area (Å²) in [6.45, 7) is 2.14. The molecule has 108 valence electrons. The summed E-state index contributed by atoms with van der Waals surface area (Å²) in [7, 11) is 0. The molecular formula is C18H17FOS. The average molecular weight is 300 g/mol. The second-order valence-corrected chi connectivity index (χ2v) is 6.34. The van der Waals surface area contributed by atoms with Gasteiger partial charge in [-0.25, -0.2) is 4.39 Å². The lowest BCUT2D eigenvalue weighted by Crippen LogP contribution is -1.98. The summed E-state index contributed by atoms with van der Waals surface area (Å²) >= 11 is 1.44. The summed E-state index contributed by atoms with van der Waals surface area (Å²) in [6.07, 6.45) is 1.45. The van der Waals surface area contributed by atoms with Crippen LogP contribution in [0.5, 0.6) is 0 Å². The Bertz CT molecular complexity index is 763. The molecule has 0 bridgehead atoms. The predicted molar refractivity (Wildman–Crippen MR) is 86.3 cm³/mol. The average Bonchev–Trinajstić information content (AvgIpc) is 2.90. The summed E-state index contributed by atoms with van der Waals surface area (Å²) in [5.74, 6) is -0.240. The van der Waals surface area contributed by atoms with Crippen molar-refractivity contribution in [3.63, 3.8) is 0 Å². The molecule has 1 N–H and O–H groups in total. The molecular weight excluding hydrogens is 283 g/mol. The smallest absolute Gasteiger partial charge is 0.124 e. The molecule has 1 nitrogen and oxygen atoms in total. The lowest BCUT2D eigenvalue weighted by Gasteiger charge is -2.10. The Balaban J connectivity index is 1.95. The maximum atomic E-state index is 13.3. The number of aliphatic hydroxyl groups excluding tert-OH is 1. The Kier molecular flexibility index (Phi) is 4.04. The van der Waals surface area contributed by atoms with Gasteiger partial charge in [0.25, 0.3) is 0 Å². The van der Waals surface area contributed by atoms with Crippen LogP contribution in [-0.4, -0.2) is 5.11 Å². The molecule has 0 saturated heterocycles. The number of fused-ring (bicyclic) bond motifs is 1. The van der Waals surface area contributed by atoms with Crippen molar-refractivity contribution in [1.29, 1.82) is 0 Å². The molecule has 21 heavy (non-hydrogen) atoms. The van der Waals surface area contributed by atoms with Crippen molar-refractivity contribution < 1.29 is 9.50 Å². The Morgan fingerprint density at radius 3 is 2.81 bits per heavy atom. The van der Waals surface area contributed by atoms with Crippen LogP contribution in [0.4, 0.5) is 4.39 Å². The van der Waals surface area contributed by atoms with Crippen LogP contribution in [-0.2, 0) is 6.42 Å². The van der Waals surface area contributed by atoms with E-state index < -0.39 is 6.10 Å². The van der Waals surface area contributed by atoms with Gasteiger partial charge in [-0.05, 0) is 41.1 Å².